The number of hydrogen-bond donors (Lipinski definition) is 1. The fraction of sp³-hybridized carbons (Fsp3) is 0.875. The van der Waals surface area contributed by atoms with Gasteiger partial charge >= 0.3 is 5.97 Å². The molecule has 0 spiro atoms. The van der Waals surface area contributed by atoms with Gasteiger partial charge in [-0.2, -0.15) is 0 Å². The molecule has 0 heterocycles. The Balaban J connectivity index is 2.86. The van der Waals surface area contributed by atoms with Crippen molar-refractivity contribution < 1.29 is 20.0 Å². The van der Waals surface area contributed by atoms with Gasteiger partial charge in [0.15, 0.2) is 0 Å². The molecule has 0 aliphatic carbocycles. The molecule has 4 nitrogen and oxygen atoms in total. The van der Waals surface area contributed by atoms with Crippen molar-refractivity contribution in [2.45, 2.75) is 38.5 Å². The number of carbonyl (C=O) groups is 1. The van der Waals surface area contributed by atoms with E-state index in [1.165, 1.54) is 0 Å². The molecule has 0 unspecified atom stereocenters. The second kappa shape index (κ2) is 8.49. The SMILES string of the molecule is [O]OCCCCCCCC(=O)O. The second-order valence-corrected chi connectivity index (χ2v) is 2.73. The van der Waals surface area contributed by atoms with Crippen LogP contribution >= 0.6 is 0 Å². The van der Waals surface area contributed by atoms with Crippen LogP contribution in [-0.2, 0) is 14.9 Å². The van der Waals surface area contributed by atoms with Gasteiger partial charge in [-0.25, -0.2) is 4.89 Å². The van der Waals surface area contributed by atoms with E-state index in [9.17, 15) is 10.1 Å². The van der Waals surface area contributed by atoms with Gasteiger partial charge in [0.05, 0.1) is 6.61 Å². The van der Waals surface area contributed by atoms with Crippen LogP contribution in [0.1, 0.15) is 38.5 Å². The van der Waals surface area contributed by atoms with Crippen LogP contribution in [0, 0.1) is 0 Å². The first-order chi connectivity index (χ1) is 5.77. The van der Waals surface area contributed by atoms with E-state index in [0.29, 0.717) is 0 Å². The van der Waals surface area contributed by atoms with Gasteiger partial charge in [0, 0.05) is 6.42 Å². The lowest BCUT2D eigenvalue weighted by Gasteiger charge is -1.97. The zero-order chi connectivity index (χ0) is 9.23. The third kappa shape index (κ3) is 9.39. The fourth-order valence-electron chi connectivity index (χ4n) is 0.968. The summed E-state index contributed by atoms with van der Waals surface area (Å²) < 4.78 is 0. The summed E-state index contributed by atoms with van der Waals surface area (Å²) in [4.78, 5) is 13.7. The Bertz CT molecular complexity index is 114. The van der Waals surface area contributed by atoms with Gasteiger partial charge in [0.2, 0.25) is 0 Å². The maximum absolute atomic E-state index is 10.1. The summed E-state index contributed by atoms with van der Waals surface area (Å²) >= 11 is 0. The molecular weight excluding hydrogens is 160 g/mol. The highest BCUT2D eigenvalue weighted by atomic mass is 17.1. The van der Waals surface area contributed by atoms with Crippen LogP contribution in [0.25, 0.3) is 0 Å². The Labute approximate surface area is 72.1 Å². The Morgan fingerprint density at radius 2 is 1.67 bits per heavy atom. The van der Waals surface area contributed by atoms with Gasteiger partial charge in [-0.3, -0.25) is 4.79 Å². The van der Waals surface area contributed by atoms with Crippen LogP contribution in [0.4, 0.5) is 0 Å². The summed E-state index contributed by atoms with van der Waals surface area (Å²) in [5, 5.41) is 17.8. The van der Waals surface area contributed by atoms with Crippen molar-refractivity contribution in [2.24, 2.45) is 0 Å². The van der Waals surface area contributed by atoms with Crippen LogP contribution in [0.15, 0.2) is 0 Å². The van der Waals surface area contributed by atoms with Crippen molar-refractivity contribution in [2.75, 3.05) is 6.61 Å². The number of carboxylic acid groups (broad SMARTS) is 1. The average molecular weight is 175 g/mol. The van der Waals surface area contributed by atoms with E-state index in [1.54, 1.807) is 0 Å². The van der Waals surface area contributed by atoms with Crippen LogP contribution in [0.5, 0.6) is 0 Å². The van der Waals surface area contributed by atoms with Crippen molar-refractivity contribution >= 4 is 5.97 Å². The average Bonchev–Trinajstić information content (AvgIpc) is 2.02. The first kappa shape index (κ1) is 11.4. The van der Waals surface area contributed by atoms with Crippen LogP contribution < -0.4 is 0 Å². The highest BCUT2D eigenvalue weighted by molar-refractivity contribution is 5.66. The summed E-state index contributed by atoms with van der Waals surface area (Å²) in [6, 6.07) is 0. The largest absolute Gasteiger partial charge is 0.481 e. The number of unbranched alkanes of at least 4 members (excludes halogenated alkanes) is 4. The van der Waals surface area contributed by atoms with Crippen molar-refractivity contribution in [3.8, 4) is 0 Å². The van der Waals surface area contributed by atoms with E-state index in [1.807, 2.05) is 0 Å². The second-order valence-electron chi connectivity index (χ2n) is 2.73. The molecule has 1 N–H and O–H groups in total. The highest BCUT2D eigenvalue weighted by Crippen LogP contribution is 2.04. The zero-order valence-corrected chi connectivity index (χ0v) is 7.12. The first-order valence-corrected chi connectivity index (χ1v) is 4.24. The molecule has 0 bridgehead atoms. The van der Waals surface area contributed by atoms with Crippen molar-refractivity contribution in [1.82, 2.24) is 0 Å². The summed E-state index contributed by atoms with van der Waals surface area (Å²) in [7, 11) is 0. The van der Waals surface area contributed by atoms with Crippen LogP contribution in [0.2, 0.25) is 0 Å². The van der Waals surface area contributed by atoms with Crippen LogP contribution in [-0.4, -0.2) is 17.7 Å². The summed E-state index contributed by atoms with van der Waals surface area (Å²) in [6.07, 6.45) is 4.60. The van der Waals surface area contributed by atoms with Gasteiger partial charge in [-0.05, 0) is 18.1 Å². The normalized spacial score (nSPS) is 10.1. The lowest BCUT2D eigenvalue weighted by atomic mass is 10.1. The number of carboxylic acids is 1. The molecule has 0 aliphatic rings. The van der Waals surface area contributed by atoms with Crippen molar-refractivity contribution in [1.29, 1.82) is 0 Å². The number of hydrogen-bond acceptors (Lipinski definition) is 2. The Morgan fingerprint density at radius 1 is 1.08 bits per heavy atom. The fourth-order valence-corrected chi connectivity index (χ4v) is 0.968. The molecule has 12 heavy (non-hydrogen) atoms. The lowest BCUT2D eigenvalue weighted by molar-refractivity contribution is -0.303. The predicted octanol–water partition coefficient (Wildman–Crippen LogP) is 1.77. The molecule has 0 atom stereocenters. The molecule has 0 saturated heterocycles. The molecule has 1 radical (unpaired) electrons. The predicted molar refractivity (Wildman–Crippen MR) is 42.0 cm³/mol. The van der Waals surface area contributed by atoms with E-state index < -0.39 is 5.97 Å². The third-order valence-corrected chi connectivity index (χ3v) is 1.62. The Kier molecular flexibility index (Phi) is 8.05. The third-order valence-electron chi connectivity index (χ3n) is 1.62. The van der Waals surface area contributed by atoms with Gasteiger partial charge in [0.1, 0.15) is 0 Å². The topological polar surface area (TPSA) is 66.4 Å². The summed E-state index contributed by atoms with van der Waals surface area (Å²) in [6.45, 7) is 0.263. The standard InChI is InChI=1S/C8H15O4/c9-8(10)6-4-2-1-3-5-7-12-11/h1-7H2,(H,9,10). The molecular formula is C8H15O4. The van der Waals surface area contributed by atoms with Crippen molar-refractivity contribution in [3.05, 3.63) is 0 Å². The minimum Gasteiger partial charge on any atom is -0.481 e. The van der Waals surface area contributed by atoms with Crippen LogP contribution in [0.3, 0.4) is 0 Å². The van der Waals surface area contributed by atoms with Gasteiger partial charge < -0.3 is 5.11 Å². The number of rotatable bonds is 8. The van der Waals surface area contributed by atoms with Crippen molar-refractivity contribution in [3.63, 3.8) is 0 Å². The molecule has 0 aromatic heterocycles. The quantitative estimate of drug-likeness (QED) is 0.347. The Hall–Kier alpha value is -0.610. The minimum absolute atomic E-state index is 0.248. The zero-order valence-electron chi connectivity index (χ0n) is 7.12. The van der Waals surface area contributed by atoms with E-state index in [-0.39, 0.29) is 13.0 Å². The molecule has 0 rings (SSSR count). The Morgan fingerprint density at radius 3 is 2.25 bits per heavy atom. The summed E-state index contributed by atoms with van der Waals surface area (Å²) in [5.41, 5.74) is 0. The molecule has 0 amide bonds. The molecule has 0 saturated carbocycles. The summed E-state index contributed by atoms with van der Waals surface area (Å²) in [5.74, 6) is -0.738. The minimum atomic E-state index is -0.738. The maximum atomic E-state index is 10.1. The smallest absolute Gasteiger partial charge is 0.303 e. The highest BCUT2D eigenvalue weighted by Gasteiger charge is 1.96. The van der Waals surface area contributed by atoms with E-state index in [0.717, 1.165) is 32.1 Å². The van der Waals surface area contributed by atoms with Gasteiger partial charge in [0.25, 0.3) is 0 Å². The molecule has 0 aromatic carbocycles. The molecule has 71 valence electrons. The van der Waals surface area contributed by atoms with E-state index >= 15 is 0 Å². The molecule has 0 fully saturated rings. The van der Waals surface area contributed by atoms with Gasteiger partial charge in [-0.1, -0.05) is 19.3 Å². The monoisotopic (exact) mass is 175 g/mol. The maximum Gasteiger partial charge on any atom is 0.303 e. The molecule has 0 aromatic rings. The number of aliphatic carboxylic acids is 1. The van der Waals surface area contributed by atoms with E-state index in [4.69, 9.17) is 5.11 Å². The molecule has 0 aliphatic heterocycles. The lowest BCUT2D eigenvalue weighted by Crippen LogP contribution is -1.94. The first-order valence-electron chi connectivity index (χ1n) is 4.24. The van der Waals surface area contributed by atoms with E-state index in [2.05, 4.69) is 4.89 Å². The molecule has 4 heteroatoms. The van der Waals surface area contributed by atoms with Gasteiger partial charge in [-0.15, -0.1) is 0 Å².